The fourth-order valence-corrected chi connectivity index (χ4v) is 3.32. The van der Waals surface area contributed by atoms with Gasteiger partial charge in [-0.15, -0.1) is 5.10 Å². The van der Waals surface area contributed by atoms with Gasteiger partial charge in [0.15, 0.2) is 0 Å². The lowest BCUT2D eigenvalue weighted by atomic mass is 9.97. The number of fused-ring (bicyclic) bond motifs is 1. The molecule has 1 aromatic carbocycles. The van der Waals surface area contributed by atoms with Gasteiger partial charge in [0.25, 0.3) is 5.91 Å². The Morgan fingerprint density at radius 2 is 2.12 bits per heavy atom. The first-order chi connectivity index (χ1) is 12.5. The molecule has 0 spiro atoms. The summed E-state index contributed by atoms with van der Waals surface area (Å²) < 4.78 is 19.5. The Labute approximate surface area is 149 Å². The van der Waals surface area contributed by atoms with Gasteiger partial charge in [-0.1, -0.05) is 11.2 Å². The first-order valence-corrected chi connectivity index (χ1v) is 8.62. The number of nitrogens with one attached hydrogen (secondary N) is 2. The normalized spacial score (nSPS) is 16.3. The number of aromatic nitrogens is 3. The van der Waals surface area contributed by atoms with Crippen LogP contribution in [0.4, 0.5) is 10.4 Å². The molecule has 2 aromatic heterocycles. The molecule has 1 saturated heterocycles. The van der Waals surface area contributed by atoms with Crippen LogP contribution in [0.15, 0.2) is 22.6 Å². The highest BCUT2D eigenvalue weighted by Gasteiger charge is 2.24. The molecule has 0 atom stereocenters. The molecule has 2 N–H and O–H groups in total. The summed E-state index contributed by atoms with van der Waals surface area (Å²) in [6.45, 7) is 3.81. The second-order valence-corrected chi connectivity index (χ2v) is 6.81. The molecule has 0 bridgehead atoms. The zero-order valence-corrected chi connectivity index (χ0v) is 14.7. The number of aryl methyl sites for hydroxylation is 1. The Bertz CT molecular complexity index is 917. The van der Waals surface area contributed by atoms with Crippen LogP contribution in [-0.2, 0) is 0 Å². The minimum absolute atomic E-state index is 0.0554. The van der Waals surface area contributed by atoms with Crippen molar-refractivity contribution in [1.29, 1.82) is 0 Å². The Kier molecular flexibility index (Phi) is 4.20. The van der Waals surface area contributed by atoms with E-state index in [1.165, 1.54) is 12.1 Å². The van der Waals surface area contributed by atoms with Crippen LogP contribution < -0.4 is 5.32 Å². The van der Waals surface area contributed by atoms with Crippen molar-refractivity contribution in [2.75, 3.05) is 25.5 Å². The van der Waals surface area contributed by atoms with Gasteiger partial charge in [-0.25, -0.2) is 4.39 Å². The van der Waals surface area contributed by atoms with Crippen molar-refractivity contribution in [2.45, 2.75) is 25.7 Å². The smallest absolute Gasteiger partial charge is 0.322 e. The van der Waals surface area contributed by atoms with Crippen LogP contribution >= 0.6 is 0 Å². The highest BCUT2D eigenvalue weighted by atomic mass is 19.1. The van der Waals surface area contributed by atoms with Crippen molar-refractivity contribution in [3.8, 4) is 0 Å². The van der Waals surface area contributed by atoms with Gasteiger partial charge in [0, 0.05) is 11.3 Å². The maximum absolute atomic E-state index is 13.9. The number of amides is 1. The van der Waals surface area contributed by atoms with Gasteiger partial charge in [-0.2, -0.15) is 0 Å². The number of anilines is 1. The van der Waals surface area contributed by atoms with Gasteiger partial charge in [0.2, 0.25) is 5.89 Å². The van der Waals surface area contributed by atoms with Crippen LogP contribution in [0.5, 0.6) is 0 Å². The molecule has 1 aliphatic rings. The Hall–Kier alpha value is -2.74. The molecule has 0 unspecified atom stereocenters. The summed E-state index contributed by atoms with van der Waals surface area (Å²) >= 11 is 0. The van der Waals surface area contributed by atoms with Crippen LogP contribution in [0, 0.1) is 12.7 Å². The van der Waals surface area contributed by atoms with Crippen LogP contribution in [0.1, 0.15) is 40.7 Å². The highest BCUT2D eigenvalue weighted by Crippen LogP contribution is 2.27. The number of carbonyl (C=O) groups excluding carboxylic acids is 1. The molecule has 1 aliphatic heterocycles. The lowest BCUT2D eigenvalue weighted by Gasteiger charge is -2.26. The SMILES string of the molecule is Cc1ccc(F)c2cc(C(=O)Nc3nnc(C4CCN(C)CC4)o3)[nH]c12. The summed E-state index contributed by atoms with van der Waals surface area (Å²) in [5.41, 5.74) is 1.71. The number of nitrogens with zero attached hydrogens (tertiary/aromatic N) is 3. The standard InChI is InChI=1S/C18H20FN5O2/c1-10-3-4-13(19)12-9-14(20-15(10)12)16(25)21-18-23-22-17(26-18)11-5-7-24(2)8-6-11/h3-4,9,11,20H,5-8H2,1-2H3,(H,21,23,25). The van der Waals surface area contributed by atoms with Crippen molar-refractivity contribution in [2.24, 2.45) is 0 Å². The Morgan fingerprint density at radius 3 is 2.85 bits per heavy atom. The molecule has 3 aromatic rings. The van der Waals surface area contributed by atoms with E-state index in [2.05, 4.69) is 32.4 Å². The molecule has 1 fully saturated rings. The van der Waals surface area contributed by atoms with Gasteiger partial charge in [-0.05, 0) is 57.6 Å². The molecule has 1 amide bonds. The maximum Gasteiger partial charge on any atom is 0.322 e. The van der Waals surface area contributed by atoms with E-state index in [1.807, 2.05) is 6.92 Å². The average molecular weight is 357 g/mol. The second-order valence-electron chi connectivity index (χ2n) is 6.81. The molecule has 0 aliphatic carbocycles. The minimum Gasteiger partial charge on any atom is -0.408 e. The number of H-pyrrole nitrogens is 1. The van der Waals surface area contributed by atoms with Crippen molar-refractivity contribution in [3.05, 3.63) is 41.2 Å². The van der Waals surface area contributed by atoms with Crippen molar-refractivity contribution < 1.29 is 13.6 Å². The lowest BCUT2D eigenvalue weighted by molar-refractivity contribution is 0.102. The molecular weight excluding hydrogens is 337 g/mol. The quantitative estimate of drug-likeness (QED) is 0.752. The van der Waals surface area contributed by atoms with Crippen LogP contribution in [0.25, 0.3) is 10.9 Å². The lowest BCUT2D eigenvalue weighted by Crippen LogP contribution is -2.29. The van der Waals surface area contributed by atoms with E-state index in [9.17, 15) is 9.18 Å². The van der Waals surface area contributed by atoms with Gasteiger partial charge in [0.05, 0.1) is 5.52 Å². The summed E-state index contributed by atoms with van der Waals surface area (Å²) in [5.74, 6) is -0.0528. The first-order valence-electron chi connectivity index (χ1n) is 8.62. The van der Waals surface area contributed by atoms with Crippen LogP contribution in [0.3, 0.4) is 0 Å². The molecule has 7 nitrogen and oxygen atoms in total. The fraction of sp³-hybridized carbons (Fsp3) is 0.389. The van der Waals surface area contributed by atoms with Crippen LogP contribution in [-0.4, -0.2) is 46.1 Å². The van der Waals surface area contributed by atoms with E-state index in [0.717, 1.165) is 31.5 Å². The Morgan fingerprint density at radius 1 is 1.35 bits per heavy atom. The summed E-state index contributed by atoms with van der Waals surface area (Å²) in [6, 6.07) is 4.60. The minimum atomic E-state index is -0.446. The molecule has 4 rings (SSSR count). The monoisotopic (exact) mass is 357 g/mol. The van der Waals surface area contributed by atoms with E-state index < -0.39 is 5.91 Å². The largest absolute Gasteiger partial charge is 0.408 e. The second kappa shape index (κ2) is 6.53. The molecular formula is C18H20FN5O2. The van der Waals surface area contributed by atoms with Gasteiger partial charge < -0.3 is 14.3 Å². The summed E-state index contributed by atoms with van der Waals surface area (Å²) in [4.78, 5) is 17.6. The number of piperidine rings is 1. The first kappa shape index (κ1) is 16.7. The summed E-state index contributed by atoms with van der Waals surface area (Å²) in [5, 5.41) is 10.9. The predicted octanol–water partition coefficient (Wildman–Crippen LogP) is 3.06. The highest BCUT2D eigenvalue weighted by molar-refractivity contribution is 6.05. The molecule has 3 heterocycles. The Balaban J connectivity index is 1.50. The predicted molar refractivity (Wildman–Crippen MR) is 94.7 cm³/mol. The number of benzene rings is 1. The summed E-state index contributed by atoms with van der Waals surface area (Å²) in [6.07, 6.45) is 1.90. The van der Waals surface area contributed by atoms with Crippen molar-refractivity contribution >= 4 is 22.8 Å². The third-order valence-electron chi connectivity index (χ3n) is 4.92. The van der Waals surface area contributed by atoms with E-state index in [4.69, 9.17) is 4.42 Å². The molecule has 136 valence electrons. The number of aromatic amines is 1. The van der Waals surface area contributed by atoms with Crippen molar-refractivity contribution in [1.82, 2.24) is 20.1 Å². The van der Waals surface area contributed by atoms with E-state index in [1.54, 1.807) is 6.07 Å². The fourth-order valence-electron chi connectivity index (χ4n) is 3.32. The van der Waals surface area contributed by atoms with Crippen molar-refractivity contribution in [3.63, 3.8) is 0 Å². The number of halogens is 1. The zero-order chi connectivity index (χ0) is 18.3. The van der Waals surface area contributed by atoms with E-state index >= 15 is 0 Å². The zero-order valence-electron chi connectivity index (χ0n) is 14.7. The van der Waals surface area contributed by atoms with Crippen LogP contribution in [0.2, 0.25) is 0 Å². The molecule has 0 radical (unpaired) electrons. The van der Waals surface area contributed by atoms with E-state index in [-0.39, 0.29) is 23.4 Å². The third kappa shape index (κ3) is 3.08. The van der Waals surface area contributed by atoms with Gasteiger partial charge in [0.1, 0.15) is 11.5 Å². The number of hydrogen-bond acceptors (Lipinski definition) is 5. The van der Waals surface area contributed by atoms with E-state index in [0.29, 0.717) is 16.8 Å². The third-order valence-corrected chi connectivity index (χ3v) is 4.92. The number of hydrogen-bond donors (Lipinski definition) is 2. The molecule has 26 heavy (non-hydrogen) atoms. The number of carbonyl (C=O) groups is 1. The van der Waals surface area contributed by atoms with Gasteiger partial charge >= 0.3 is 6.01 Å². The molecule has 8 heteroatoms. The van der Waals surface area contributed by atoms with Gasteiger partial charge in [-0.3, -0.25) is 10.1 Å². The maximum atomic E-state index is 13.9. The average Bonchev–Trinajstić information content (AvgIpc) is 3.27. The molecule has 0 saturated carbocycles. The topological polar surface area (TPSA) is 87.1 Å². The number of likely N-dealkylation sites (tertiary alicyclic amines) is 1. The number of rotatable bonds is 3. The summed E-state index contributed by atoms with van der Waals surface area (Å²) in [7, 11) is 2.08.